The van der Waals surface area contributed by atoms with Crippen molar-refractivity contribution in [2.75, 3.05) is 19.8 Å². The monoisotopic (exact) mass is 268 g/mol. The molecule has 0 amide bonds. The first-order valence-electron chi connectivity index (χ1n) is 5.79. The third-order valence-corrected chi connectivity index (χ3v) is 2.54. The lowest BCUT2D eigenvalue weighted by molar-refractivity contribution is 0.0200. The normalized spacial score (nSPS) is 10.4. The van der Waals surface area contributed by atoms with Crippen LogP contribution in [-0.2, 0) is 0 Å². The molecule has 0 saturated carbocycles. The van der Waals surface area contributed by atoms with Crippen LogP contribution < -0.4 is 0 Å². The molecule has 1 aromatic carbocycles. The first-order chi connectivity index (χ1) is 8.94. The topological polar surface area (TPSA) is 94.8 Å². The van der Waals surface area contributed by atoms with Crippen LogP contribution in [0, 0.1) is 12.3 Å². The summed E-state index contributed by atoms with van der Waals surface area (Å²) in [6.45, 7) is 2.91. The lowest BCUT2D eigenvalue weighted by atomic mass is 9.95. The zero-order valence-corrected chi connectivity index (χ0v) is 11.2. The molecule has 0 radical (unpaired) electrons. The molecule has 0 fully saturated rings. The van der Waals surface area contributed by atoms with E-state index in [1.807, 2.05) is 6.92 Å². The Morgan fingerprint density at radius 3 is 1.53 bits per heavy atom. The predicted octanol–water partition coefficient (Wildman–Crippen LogP) is 0.590. The Labute approximate surface area is 112 Å². The minimum Gasteiger partial charge on any atom is -0.396 e. The Morgan fingerprint density at radius 2 is 1.32 bits per heavy atom. The van der Waals surface area contributed by atoms with E-state index in [2.05, 4.69) is 0 Å². The molecule has 0 spiro atoms. The number of aliphatic hydroxyl groups excluding tert-OH is 3. The van der Waals surface area contributed by atoms with Crippen molar-refractivity contribution in [2.45, 2.75) is 13.8 Å². The van der Waals surface area contributed by atoms with Crippen molar-refractivity contribution in [1.82, 2.24) is 0 Å². The van der Waals surface area contributed by atoms with Gasteiger partial charge in [0.25, 0.3) is 0 Å². The van der Waals surface area contributed by atoms with Crippen molar-refractivity contribution in [3.8, 4) is 0 Å². The zero-order chi connectivity index (χ0) is 14.9. The molecule has 0 aliphatic rings. The van der Waals surface area contributed by atoms with E-state index >= 15 is 0 Å². The van der Waals surface area contributed by atoms with Gasteiger partial charge in [-0.3, -0.25) is 9.59 Å². The maximum Gasteiger partial charge on any atom is 0.150 e. The molecule has 3 N–H and O–H groups in total. The first kappa shape index (κ1) is 17.4. The first-order valence-corrected chi connectivity index (χ1v) is 5.79. The highest BCUT2D eigenvalue weighted by atomic mass is 16.3. The van der Waals surface area contributed by atoms with Crippen LogP contribution in [0.4, 0.5) is 0 Å². The van der Waals surface area contributed by atoms with Crippen LogP contribution in [0.3, 0.4) is 0 Å². The fraction of sp³-hybridized carbons (Fsp3) is 0.429. The molecule has 0 bridgehead atoms. The van der Waals surface area contributed by atoms with Gasteiger partial charge in [0.05, 0.1) is 19.8 Å². The minimum absolute atomic E-state index is 0.181. The average Bonchev–Trinajstić information content (AvgIpc) is 2.46. The van der Waals surface area contributed by atoms with Gasteiger partial charge in [-0.2, -0.15) is 0 Å². The zero-order valence-electron chi connectivity index (χ0n) is 11.2. The van der Waals surface area contributed by atoms with Crippen LogP contribution in [0.25, 0.3) is 0 Å². The summed E-state index contributed by atoms with van der Waals surface area (Å²) in [5.41, 5.74) is 1.32. The highest BCUT2D eigenvalue weighted by Gasteiger charge is 2.20. The van der Waals surface area contributed by atoms with E-state index in [4.69, 9.17) is 15.3 Å². The fourth-order valence-corrected chi connectivity index (χ4v) is 1.13. The minimum atomic E-state index is -0.708. The van der Waals surface area contributed by atoms with E-state index in [9.17, 15) is 9.59 Å². The number of hydrogen-bond acceptors (Lipinski definition) is 5. The number of aldehydes is 2. The summed E-state index contributed by atoms with van der Waals surface area (Å²) in [5.74, 6) is 0. The van der Waals surface area contributed by atoms with E-state index in [1.165, 1.54) is 0 Å². The van der Waals surface area contributed by atoms with Gasteiger partial charge in [-0.1, -0.05) is 6.92 Å². The molecule has 5 nitrogen and oxygen atoms in total. The molecule has 0 heterocycles. The molecule has 0 aliphatic heterocycles. The Morgan fingerprint density at radius 1 is 0.947 bits per heavy atom. The van der Waals surface area contributed by atoms with E-state index in [0.717, 1.165) is 18.1 Å². The Bertz CT molecular complexity index is 376. The summed E-state index contributed by atoms with van der Waals surface area (Å²) in [4.78, 5) is 20.6. The van der Waals surface area contributed by atoms with Crippen molar-refractivity contribution in [2.24, 2.45) is 5.41 Å². The van der Waals surface area contributed by atoms with E-state index in [0.29, 0.717) is 11.1 Å². The predicted molar refractivity (Wildman–Crippen MR) is 71.3 cm³/mol. The lowest BCUT2D eigenvalue weighted by Gasteiger charge is -2.20. The van der Waals surface area contributed by atoms with Crippen molar-refractivity contribution in [3.05, 3.63) is 34.9 Å². The van der Waals surface area contributed by atoms with Gasteiger partial charge >= 0.3 is 0 Å². The molecule has 5 heteroatoms. The summed E-state index contributed by atoms with van der Waals surface area (Å²) in [5, 5.41) is 25.4. The Balaban J connectivity index is 0.000000362. The van der Waals surface area contributed by atoms with Crippen LogP contribution in [0.1, 0.15) is 33.2 Å². The Kier molecular flexibility index (Phi) is 7.83. The number of hydrogen-bond donors (Lipinski definition) is 3. The van der Waals surface area contributed by atoms with Crippen LogP contribution in [0.5, 0.6) is 0 Å². The van der Waals surface area contributed by atoms with Gasteiger partial charge in [-0.25, -0.2) is 0 Å². The third-order valence-electron chi connectivity index (χ3n) is 2.54. The molecule has 0 aliphatic carbocycles. The smallest absolute Gasteiger partial charge is 0.150 e. The van der Waals surface area contributed by atoms with E-state index in [1.54, 1.807) is 25.1 Å². The molecule has 19 heavy (non-hydrogen) atoms. The third kappa shape index (κ3) is 6.24. The number of aryl methyl sites for hydroxylation is 1. The second kappa shape index (κ2) is 8.53. The molecule has 1 rings (SSSR count). The molecular formula is C14H20O5. The van der Waals surface area contributed by atoms with Crippen LogP contribution in [-0.4, -0.2) is 47.7 Å². The molecule has 0 aromatic heterocycles. The van der Waals surface area contributed by atoms with Crippen LogP contribution >= 0.6 is 0 Å². The highest BCUT2D eigenvalue weighted by Crippen LogP contribution is 2.11. The summed E-state index contributed by atoms with van der Waals surface area (Å²) in [6, 6.07) is 5.03. The SMILES string of the molecule is CC(CO)(CO)CO.Cc1cc(C=O)cc(C=O)c1. The fourth-order valence-electron chi connectivity index (χ4n) is 1.13. The van der Waals surface area contributed by atoms with Gasteiger partial charge in [0.1, 0.15) is 12.6 Å². The number of rotatable bonds is 5. The summed E-state index contributed by atoms with van der Waals surface area (Å²) < 4.78 is 0. The molecule has 106 valence electrons. The maximum atomic E-state index is 10.3. The maximum absolute atomic E-state index is 10.3. The second-order valence-corrected chi connectivity index (χ2v) is 4.70. The molecular weight excluding hydrogens is 248 g/mol. The lowest BCUT2D eigenvalue weighted by Crippen LogP contribution is -2.29. The van der Waals surface area contributed by atoms with Crippen molar-refractivity contribution >= 4 is 12.6 Å². The largest absolute Gasteiger partial charge is 0.396 e. The van der Waals surface area contributed by atoms with Crippen molar-refractivity contribution < 1.29 is 24.9 Å². The summed E-state index contributed by atoms with van der Waals surface area (Å²) >= 11 is 0. The Hall–Kier alpha value is -1.56. The van der Waals surface area contributed by atoms with Gasteiger partial charge in [0.15, 0.2) is 0 Å². The molecule has 0 saturated heterocycles. The van der Waals surface area contributed by atoms with Gasteiger partial charge in [-0.15, -0.1) is 0 Å². The van der Waals surface area contributed by atoms with Gasteiger partial charge in [-0.05, 0) is 30.7 Å². The van der Waals surface area contributed by atoms with E-state index < -0.39 is 5.41 Å². The van der Waals surface area contributed by atoms with Crippen molar-refractivity contribution in [3.63, 3.8) is 0 Å². The van der Waals surface area contributed by atoms with Gasteiger partial charge in [0.2, 0.25) is 0 Å². The van der Waals surface area contributed by atoms with Gasteiger partial charge in [0, 0.05) is 16.5 Å². The number of carbonyl (C=O) groups excluding carboxylic acids is 2. The number of carbonyl (C=O) groups is 2. The quantitative estimate of drug-likeness (QED) is 0.679. The van der Waals surface area contributed by atoms with Crippen LogP contribution in [0.2, 0.25) is 0 Å². The van der Waals surface area contributed by atoms with E-state index in [-0.39, 0.29) is 19.8 Å². The van der Waals surface area contributed by atoms with Gasteiger partial charge < -0.3 is 15.3 Å². The second-order valence-electron chi connectivity index (χ2n) is 4.70. The standard InChI is InChI=1S/C9H8O2.C5H12O3/c1-7-2-8(5-10)4-9(3-7)6-11;1-5(2-6,3-7)4-8/h2-6H,1H3;6-8H,2-4H2,1H3. The average molecular weight is 268 g/mol. The van der Waals surface area contributed by atoms with Crippen molar-refractivity contribution in [1.29, 1.82) is 0 Å². The molecule has 0 atom stereocenters. The van der Waals surface area contributed by atoms with Crippen LogP contribution in [0.15, 0.2) is 18.2 Å². The molecule has 1 aromatic rings. The summed E-state index contributed by atoms with van der Waals surface area (Å²) in [7, 11) is 0. The summed E-state index contributed by atoms with van der Waals surface area (Å²) in [6.07, 6.45) is 1.47. The number of aliphatic hydroxyl groups is 3. The molecule has 0 unspecified atom stereocenters. The highest BCUT2D eigenvalue weighted by molar-refractivity contribution is 5.82. The number of benzene rings is 1.